The first-order valence-corrected chi connectivity index (χ1v) is 7.80. The number of halogens is 2. The third-order valence-electron chi connectivity index (χ3n) is 4.01. The van der Waals surface area contributed by atoms with Crippen LogP contribution in [0.4, 0.5) is 8.78 Å². The molecule has 1 amide bonds. The maximum absolute atomic E-state index is 13.3. The van der Waals surface area contributed by atoms with Crippen LogP contribution in [0.15, 0.2) is 22.6 Å². The van der Waals surface area contributed by atoms with Crippen molar-refractivity contribution < 1.29 is 22.7 Å². The molecule has 1 fully saturated rings. The van der Waals surface area contributed by atoms with Crippen molar-refractivity contribution in [1.82, 2.24) is 10.3 Å². The number of rotatable bonds is 4. The number of nitrogens with one attached hydrogen (secondary N) is 1. The topological polar surface area (TPSA) is 64.4 Å². The molecule has 0 unspecified atom stereocenters. The van der Waals surface area contributed by atoms with Crippen LogP contribution < -0.4 is 10.1 Å². The number of benzene rings is 1. The lowest BCUT2D eigenvalue weighted by Gasteiger charge is -2.22. The van der Waals surface area contributed by atoms with E-state index in [1.807, 2.05) is 0 Å². The lowest BCUT2D eigenvalue weighted by molar-refractivity contribution is 0.0887. The van der Waals surface area contributed by atoms with E-state index in [1.54, 1.807) is 13.8 Å². The summed E-state index contributed by atoms with van der Waals surface area (Å²) in [5, 5.41) is 2.87. The molecule has 2 aromatic rings. The van der Waals surface area contributed by atoms with Crippen LogP contribution in [0, 0.1) is 25.5 Å². The van der Waals surface area contributed by atoms with Crippen LogP contribution in [0.2, 0.25) is 0 Å². The Morgan fingerprint density at radius 3 is 2.58 bits per heavy atom. The van der Waals surface area contributed by atoms with E-state index in [0.29, 0.717) is 18.1 Å². The van der Waals surface area contributed by atoms with Gasteiger partial charge in [0.05, 0.1) is 6.04 Å². The maximum atomic E-state index is 13.3. The number of hydrogen-bond donors (Lipinski definition) is 1. The van der Waals surface area contributed by atoms with Crippen LogP contribution in [0.25, 0.3) is 0 Å². The third kappa shape index (κ3) is 3.55. The summed E-state index contributed by atoms with van der Waals surface area (Å²) in [6.45, 7) is 3.34. The Hall–Kier alpha value is -2.44. The number of amides is 1. The van der Waals surface area contributed by atoms with Crippen molar-refractivity contribution in [3.63, 3.8) is 0 Å². The van der Waals surface area contributed by atoms with Gasteiger partial charge in [-0.1, -0.05) is 0 Å². The Balaban J connectivity index is 1.69. The number of hydrogen-bond acceptors (Lipinski definition) is 4. The molecule has 5 nitrogen and oxygen atoms in total. The Morgan fingerprint density at radius 2 is 1.96 bits per heavy atom. The molecule has 0 spiro atoms. The summed E-state index contributed by atoms with van der Waals surface area (Å²) in [5.41, 5.74) is 0.245. The van der Waals surface area contributed by atoms with E-state index < -0.39 is 11.6 Å². The summed E-state index contributed by atoms with van der Waals surface area (Å²) < 4.78 is 37.5. The van der Waals surface area contributed by atoms with Gasteiger partial charge in [0.2, 0.25) is 0 Å². The zero-order valence-electron chi connectivity index (χ0n) is 13.4. The molecule has 7 heteroatoms. The zero-order chi connectivity index (χ0) is 17.3. The van der Waals surface area contributed by atoms with Crippen LogP contribution in [0.3, 0.4) is 0 Å². The molecule has 1 N–H and O–H groups in total. The van der Waals surface area contributed by atoms with Crippen molar-refractivity contribution in [2.75, 3.05) is 0 Å². The minimum atomic E-state index is -0.697. The molecule has 0 radical (unpaired) electrons. The van der Waals surface area contributed by atoms with Gasteiger partial charge in [0.25, 0.3) is 5.91 Å². The molecule has 1 aromatic heterocycles. The van der Waals surface area contributed by atoms with Crippen molar-refractivity contribution in [3.8, 4) is 5.75 Å². The summed E-state index contributed by atoms with van der Waals surface area (Å²) in [7, 11) is 0. The normalized spacial score (nSPS) is 20.2. The molecule has 1 heterocycles. The Labute approximate surface area is 138 Å². The van der Waals surface area contributed by atoms with Gasteiger partial charge in [-0.25, -0.2) is 13.8 Å². The fourth-order valence-corrected chi connectivity index (χ4v) is 2.98. The van der Waals surface area contributed by atoms with Crippen LogP contribution in [-0.2, 0) is 0 Å². The number of aromatic nitrogens is 1. The van der Waals surface area contributed by atoms with Gasteiger partial charge in [-0.2, -0.15) is 0 Å². The first kappa shape index (κ1) is 16.4. The summed E-state index contributed by atoms with van der Waals surface area (Å²) in [6.07, 6.45) is 1.93. The molecule has 2 atom stereocenters. The van der Waals surface area contributed by atoms with Gasteiger partial charge in [-0.05, 0) is 26.2 Å². The highest BCUT2D eigenvalue weighted by Gasteiger charge is 2.32. The van der Waals surface area contributed by atoms with Gasteiger partial charge in [-0.15, -0.1) is 0 Å². The fourth-order valence-electron chi connectivity index (χ4n) is 2.98. The molecule has 24 heavy (non-hydrogen) atoms. The van der Waals surface area contributed by atoms with E-state index in [0.717, 1.165) is 31.0 Å². The van der Waals surface area contributed by atoms with Crippen molar-refractivity contribution in [3.05, 3.63) is 47.2 Å². The largest absolute Gasteiger partial charge is 0.488 e. The molecule has 1 aliphatic carbocycles. The minimum absolute atomic E-state index is 0.118. The van der Waals surface area contributed by atoms with E-state index in [4.69, 9.17) is 9.15 Å². The second kappa shape index (κ2) is 6.59. The number of aryl methyl sites for hydroxylation is 2. The second-order valence-corrected chi connectivity index (χ2v) is 5.91. The van der Waals surface area contributed by atoms with Gasteiger partial charge in [0.15, 0.2) is 11.6 Å². The number of nitrogens with zero attached hydrogens (tertiary/aromatic N) is 1. The average molecular weight is 336 g/mol. The van der Waals surface area contributed by atoms with Crippen molar-refractivity contribution in [2.24, 2.45) is 0 Å². The predicted octanol–water partition coefficient (Wildman–Crippen LogP) is 3.30. The van der Waals surface area contributed by atoms with Gasteiger partial charge in [-0.3, -0.25) is 4.79 Å². The van der Waals surface area contributed by atoms with E-state index >= 15 is 0 Å². The first-order chi connectivity index (χ1) is 11.4. The molecule has 0 bridgehead atoms. The molecule has 3 rings (SSSR count). The molecular weight excluding hydrogens is 318 g/mol. The van der Waals surface area contributed by atoms with Gasteiger partial charge >= 0.3 is 0 Å². The predicted molar refractivity (Wildman–Crippen MR) is 81.9 cm³/mol. The third-order valence-corrected chi connectivity index (χ3v) is 4.01. The van der Waals surface area contributed by atoms with Crippen LogP contribution in [0.5, 0.6) is 5.75 Å². The summed E-state index contributed by atoms with van der Waals surface area (Å²) >= 11 is 0. The van der Waals surface area contributed by atoms with Crippen molar-refractivity contribution in [1.29, 1.82) is 0 Å². The highest BCUT2D eigenvalue weighted by Crippen LogP contribution is 2.26. The Bertz CT molecular complexity index is 740. The van der Waals surface area contributed by atoms with Crippen molar-refractivity contribution >= 4 is 5.91 Å². The smallest absolute Gasteiger partial charge is 0.273 e. The molecule has 0 saturated heterocycles. The number of ether oxygens (including phenoxy) is 1. The monoisotopic (exact) mass is 336 g/mol. The number of carbonyl (C=O) groups is 1. The SMILES string of the molecule is Cc1nc(C(=O)N[C@H]2CCC[C@H]2Oc2cc(F)cc(F)c2)c(C)o1. The van der Waals surface area contributed by atoms with Gasteiger partial charge < -0.3 is 14.5 Å². The van der Waals surface area contributed by atoms with Gasteiger partial charge in [0.1, 0.15) is 29.2 Å². The lowest BCUT2D eigenvalue weighted by atomic mass is 10.2. The van der Waals surface area contributed by atoms with E-state index in [9.17, 15) is 13.6 Å². The van der Waals surface area contributed by atoms with Crippen molar-refractivity contribution in [2.45, 2.75) is 45.3 Å². The second-order valence-electron chi connectivity index (χ2n) is 5.91. The van der Waals surface area contributed by atoms with Crippen LogP contribution >= 0.6 is 0 Å². The average Bonchev–Trinajstić information content (AvgIpc) is 3.04. The lowest BCUT2D eigenvalue weighted by Crippen LogP contribution is -2.42. The summed E-state index contributed by atoms with van der Waals surface area (Å²) in [6, 6.07) is 2.80. The minimum Gasteiger partial charge on any atom is -0.488 e. The number of oxazole rings is 1. The molecule has 1 saturated carbocycles. The maximum Gasteiger partial charge on any atom is 0.273 e. The highest BCUT2D eigenvalue weighted by atomic mass is 19.1. The molecule has 128 valence electrons. The Kier molecular flexibility index (Phi) is 4.51. The highest BCUT2D eigenvalue weighted by molar-refractivity contribution is 5.93. The molecule has 1 aliphatic rings. The number of carbonyl (C=O) groups excluding carboxylic acids is 1. The zero-order valence-corrected chi connectivity index (χ0v) is 13.4. The molecule has 1 aromatic carbocycles. The summed E-state index contributed by atoms with van der Waals surface area (Å²) in [4.78, 5) is 16.4. The quantitative estimate of drug-likeness (QED) is 0.930. The fraction of sp³-hybridized carbons (Fsp3) is 0.412. The first-order valence-electron chi connectivity index (χ1n) is 7.80. The van der Waals surface area contributed by atoms with Crippen LogP contribution in [-0.4, -0.2) is 23.0 Å². The summed E-state index contributed by atoms with van der Waals surface area (Å²) in [5.74, 6) is -0.739. The van der Waals surface area contributed by atoms with E-state index in [2.05, 4.69) is 10.3 Å². The van der Waals surface area contributed by atoms with E-state index in [1.165, 1.54) is 0 Å². The van der Waals surface area contributed by atoms with Crippen LogP contribution in [0.1, 0.15) is 41.4 Å². The molecular formula is C17H18F2N2O3. The Morgan fingerprint density at radius 1 is 1.25 bits per heavy atom. The van der Waals surface area contributed by atoms with E-state index in [-0.39, 0.29) is 29.5 Å². The standard InChI is InChI=1S/C17H18F2N2O3/c1-9-16(20-10(2)23-9)17(22)21-14-4-3-5-15(14)24-13-7-11(18)6-12(19)8-13/h6-8,14-15H,3-5H2,1-2H3,(H,21,22)/t14-,15+/m0/s1. The van der Waals surface area contributed by atoms with Gasteiger partial charge in [0, 0.05) is 25.1 Å². The molecule has 0 aliphatic heterocycles.